The monoisotopic (exact) mass is 561 g/mol. The van der Waals surface area contributed by atoms with Crippen LogP contribution in [0.2, 0.25) is 0 Å². The Bertz CT molecular complexity index is 1540. The van der Waals surface area contributed by atoms with Gasteiger partial charge in [-0.25, -0.2) is 8.42 Å². The Morgan fingerprint density at radius 3 is 2.35 bits per heavy atom. The summed E-state index contributed by atoms with van der Waals surface area (Å²) < 4.78 is 39.3. The Balaban J connectivity index is 1.37. The maximum atomic E-state index is 13.8. The number of Topliss-reactive ketones (excluding diaryl/α,β-unsaturated/α-hetero) is 1. The highest BCUT2D eigenvalue weighted by Gasteiger charge is 2.46. The summed E-state index contributed by atoms with van der Waals surface area (Å²) >= 11 is 0. The number of ether oxygens (including phenoxy) is 2. The molecular weight excluding hydrogens is 530 g/mol. The van der Waals surface area contributed by atoms with Crippen LogP contribution in [-0.2, 0) is 41.3 Å². The molecule has 208 valence electrons. The SMILES string of the molecule is CCOC1NC(c2ccc(CS(=O)(=O)NC(=O)Cc3ccccc3)cc2)C2=C1c1ncccc1C(OCC)C2=O. The highest BCUT2D eigenvalue weighted by molar-refractivity contribution is 7.89. The van der Waals surface area contributed by atoms with Gasteiger partial charge in [0.1, 0.15) is 12.3 Å². The van der Waals surface area contributed by atoms with Gasteiger partial charge >= 0.3 is 0 Å². The number of hydrogen-bond acceptors (Lipinski definition) is 8. The number of amides is 1. The summed E-state index contributed by atoms with van der Waals surface area (Å²) in [7, 11) is -3.90. The molecule has 3 aromatic rings. The van der Waals surface area contributed by atoms with Gasteiger partial charge in [-0.15, -0.1) is 0 Å². The fraction of sp³-hybridized carbons (Fsp3) is 0.300. The molecule has 10 heteroatoms. The second-order valence-corrected chi connectivity index (χ2v) is 11.3. The van der Waals surface area contributed by atoms with Gasteiger partial charge in [-0.05, 0) is 36.6 Å². The van der Waals surface area contributed by atoms with Crippen molar-refractivity contribution in [2.45, 2.75) is 44.4 Å². The minimum absolute atomic E-state index is 0.0282. The molecule has 0 saturated carbocycles. The van der Waals surface area contributed by atoms with Crippen LogP contribution in [0.15, 0.2) is 78.5 Å². The molecule has 0 radical (unpaired) electrons. The average molecular weight is 562 g/mol. The van der Waals surface area contributed by atoms with Crippen LogP contribution in [-0.4, -0.2) is 44.5 Å². The van der Waals surface area contributed by atoms with Crippen LogP contribution in [0.25, 0.3) is 5.57 Å². The van der Waals surface area contributed by atoms with E-state index in [1.807, 2.05) is 26.0 Å². The molecule has 3 atom stereocenters. The molecule has 2 N–H and O–H groups in total. The lowest BCUT2D eigenvalue weighted by molar-refractivity contribution is -0.127. The lowest BCUT2D eigenvalue weighted by atomic mass is 9.83. The second-order valence-electron chi connectivity index (χ2n) is 9.59. The van der Waals surface area contributed by atoms with Crippen LogP contribution in [0.3, 0.4) is 0 Å². The van der Waals surface area contributed by atoms with E-state index in [0.717, 1.165) is 16.7 Å². The van der Waals surface area contributed by atoms with E-state index in [0.29, 0.717) is 35.6 Å². The number of aromatic nitrogens is 1. The average Bonchev–Trinajstić information content (AvgIpc) is 3.31. The number of nitrogens with zero attached hydrogens (tertiary/aromatic N) is 1. The Hall–Kier alpha value is -3.70. The second kappa shape index (κ2) is 11.8. The molecule has 2 aliphatic rings. The van der Waals surface area contributed by atoms with Gasteiger partial charge in [-0.1, -0.05) is 60.7 Å². The van der Waals surface area contributed by atoms with Crippen molar-refractivity contribution >= 4 is 27.3 Å². The predicted octanol–water partition coefficient (Wildman–Crippen LogP) is 3.39. The highest BCUT2D eigenvalue weighted by Crippen LogP contribution is 2.46. The topological polar surface area (TPSA) is 124 Å². The number of carbonyl (C=O) groups is 2. The number of benzene rings is 2. The van der Waals surface area contributed by atoms with Gasteiger partial charge in [-0.2, -0.15) is 0 Å². The van der Waals surface area contributed by atoms with Gasteiger partial charge in [0.15, 0.2) is 5.78 Å². The third-order valence-electron chi connectivity index (χ3n) is 6.85. The van der Waals surface area contributed by atoms with E-state index < -0.39 is 34.3 Å². The summed E-state index contributed by atoms with van der Waals surface area (Å²) in [6.45, 7) is 4.53. The number of carbonyl (C=O) groups excluding carboxylic acids is 2. The third-order valence-corrected chi connectivity index (χ3v) is 8.10. The van der Waals surface area contributed by atoms with E-state index in [9.17, 15) is 18.0 Å². The molecule has 1 amide bonds. The van der Waals surface area contributed by atoms with Crippen LogP contribution in [0.4, 0.5) is 0 Å². The lowest BCUT2D eigenvalue weighted by Gasteiger charge is -2.27. The van der Waals surface area contributed by atoms with Crippen molar-refractivity contribution in [3.63, 3.8) is 0 Å². The van der Waals surface area contributed by atoms with E-state index in [-0.39, 0.29) is 18.0 Å². The molecule has 0 spiro atoms. The standard InChI is InChI=1S/C30H31N3O6S/c1-3-38-29-22-11-8-16-31-27(22)25-24(28(29)35)26(32-30(25)39-4-2)21-14-12-20(13-15-21)18-40(36,37)33-23(34)17-19-9-6-5-7-10-19/h5-16,26,29-30,32H,3-4,17-18H2,1-2H3,(H,33,34). The van der Waals surface area contributed by atoms with Crippen LogP contribution < -0.4 is 10.0 Å². The van der Waals surface area contributed by atoms with Crippen molar-refractivity contribution in [3.8, 4) is 0 Å². The molecule has 9 nitrogen and oxygen atoms in total. The summed E-state index contributed by atoms with van der Waals surface area (Å²) in [6, 6.07) is 19.0. The smallest absolute Gasteiger partial charge is 0.239 e. The Labute approximate surface area is 233 Å². The van der Waals surface area contributed by atoms with Gasteiger partial charge in [0.2, 0.25) is 15.9 Å². The molecule has 40 heavy (non-hydrogen) atoms. The number of sulfonamides is 1. The number of hydrogen-bond donors (Lipinski definition) is 2. The van der Waals surface area contributed by atoms with Gasteiger partial charge in [-0.3, -0.25) is 24.6 Å². The Morgan fingerprint density at radius 2 is 1.65 bits per heavy atom. The molecule has 0 bridgehead atoms. The van der Waals surface area contributed by atoms with Crippen LogP contribution in [0.5, 0.6) is 0 Å². The first kappa shape index (κ1) is 27.9. The van der Waals surface area contributed by atoms with E-state index in [1.54, 1.807) is 60.8 Å². The number of fused-ring (bicyclic) bond motifs is 2. The molecule has 2 aromatic carbocycles. The fourth-order valence-electron chi connectivity index (χ4n) is 5.22. The molecule has 1 aliphatic carbocycles. The third kappa shape index (κ3) is 5.75. The van der Waals surface area contributed by atoms with Crippen molar-refractivity contribution in [1.29, 1.82) is 0 Å². The number of pyridine rings is 1. The first-order valence-electron chi connectivity index (χ1n) is 13.2. The van der Waals surface area contributed by atoms with Crippen molar-refractivity contribution in [1.82, 2.24) is 15.0 Å². The minimum atomic E-state index is -3.90. The molecule has 2 heterocycles. The Kier molecular flexibility index (Phi) is 8.22. The Morgan fingerprint density at radius 1 is 0.925 bits per heavy atom. The maximum absolute atomic E-state index is 13.8. The van der Waals surface area contributed by atoms with Crippen molar-refractivity contribution in [2.24, 2.45) is 0 Å². The molecule has 3 unspecified atom stereocenters. The fourth-order valence-corrected chi connectivity index (χ4v) is 6.35. The van der Waals surface area contributed by atoms with Gasteiger partial charge in [0.25, 0.3) is 0 Å². The molecular formula is C30H31N3O6S. The molecule has 0 saturated heterocycles. The van der Waals surface area contributed by atoms with Crippen molar-refractivity contribution < 1.29 is 27.5 Å². The van der Waals surface area contributed by atoms with Gasteiger partial charge in [0.05, 0.1) is 23.9 Å². The van der Waals surface area contributed by atoms with Crippen molar-refractivity contribution in [3.05, 3.63) is 106 Å². The minimum Gasteiger partial charge on any atom is -0.366 e. The van der Waals surface area contributed by atoms with E-state index in [2.05, 4.69) is 15.0 Å². The zero-order valence-electron chi connectivity index (χ0n) is 22.3. The van der Waals surface area contributed by atoms with Crippen LogP contribution >= 0.6 is 0 Å². The number of rotatable bonds is 10. The van der Waals surface area contributed by atoms with Crippen LogP contribution in [0.1, 0.15) is 53.9 Å². The summed E-state index contributed by atoms with van der Waals surface area (Å²) in [4.78, 5) is 30.6. The first-order chi connectivity index (χ1) is 19.3. The normalized spacial score (nSPS) is 20.2. The summed E-state index contributed by atoms with van der Waals surface area (Å²) in [5.74, 6) is -1.10. The first-order valence-corrected chi connectivity index (χ1v) is 14.9. The van der Waals surface area contributed by atoms with E-state index in [4.69, 9.17) is 9.47 Å². The summed E-state index contributed by atoms with van der Waals surface area (Å²) in [5.41, 5.74) is 4.64. The lowest BCUT2D eigenvalue weighted by Crippen LogP contribution is -2.32. The molecule has 1 aromatic heterocycles. The van der Waals surface area contributed by atoms with E-state index >= 15 is 0 Å². The predicted molar refractivity (Wildman–Crippen MR) is 149 cm³/mol. The maximum Gasteiger partial charge on any atom is 0.239 e. The van der Waals surface area contributed by atoms with Crippen molar-refractivity contribution in [2.75, 3.05) is 13.2 Å². The number of nitrogens with one attached hydrogen (secondary N) is 2. The van der Waals surface area contributed by atoms with Gasteiger partial charge < -0.3 is 9.47 Å². The van der Waals surface area contributed by atoms with Crippen LogP contribution in [0, 0.1) is 0 Å². The highest BCUT2D eigenvalue weighted by atomic mass is 32.2. The zero-order valence-corrected chi connectivity index (χ0v) is 23.1. The summed E-state index contributed by atoms with van der Waals surface area (Å²) in [5, 5.41) is 3.41. The number of ketones is 1. The molecule has 1 aliphatic heterocycles. The molecule has 0 fully saturated rings. The molecule has 5 rings (SSSR count). The zero-order chi connectivity index (χ0) is 28.3. The van der Waals surface area contributed by atoms with E-state index in [1.165, 1.54) is 0 Å². The summed E-state index contributed by atoms with van der Waals surface area (Å²) in [6.07, 6.45) is 0.359. The largest absolute Gasteiger partial charge is 0.366 e. The quantitative estimate of drug-likeness (QED) is 0.386. The van der Waals surface area contributed by atoms with Gasteiger partial charge in [0, 0.05) is 36.1 Å².